The predicted molar refractivity (Wildman–Crippen MR) is 127 cm³/mol. The minimum absolute atomic E-state index is 0. The summed E-state index contributed by atoms with van der Waals surface area (Å²) in [6, 6.07) is 12.0. The van der Waals surface area contributed by atoms with Crippen LogP contribution in [0.2, 0.25) is 0 Å². The van der Waals surface area contributed by atoms with E-state index in [1.54, 1.807) is 21.3 Å². The van der Waals surface area contributed by atoms with Crippen LogP contribution in [-0.4, -0.2) is 49.7 Å². The number of ether oxygens (including phenoxy) is 2. The zero-order valence-electron chi connectivity index (χ0n) is 17.0. The average Bonchev–Trinajstić information content (AvgIpc) is 3.15. The molecule has 2 aromatic heterocycles. The lowest BCUT2D eigenvalue weighted by Gasteiger charge is -2.12. The number of fused-ring (bicyclic) bond motifs is 1. The fraction of sp³-hybridized carbons (Fsp3) is 0.333. The quantitative estimate of drug-likeness (QED) is 0.278. The van der Waals surface area contributed by atoms with E-state index in [0.717, 1.165) is 54.7 Å². The highest BCUT2D eigenvalue weighted by Crippen LogP contribution is 2.27. The Hall–Kier alpha value is -2.49. The molecule has 0 saturated carbocycles. The first-order chi connectivity index (χ1) is 13.7. The van der Waals surface area contributed by atoms with Crippen LogP contribution in [0.5, 0.6) is 11.5 Å². The summed E-state index contributed by atoms with van der Waals surface area (Å²) in [6.45, 7) is 1.53. The molecule has 0 unspecified atom stereocenters. The molecule has 2 N–H and O–H groups in total. The largest absolute Gasteiger partial charge is 0.493 e. The van der Waals surface area contributed by atoms with Crippen LogP contribution in [0, 0.1) is 0 Å². The second kappa shape index (κ2) is 11.5. The molecule has 0 saturated heterocycles. The molecular weight excluding hydrogens is 481 g/mol. The first-order valence-corrected chi connectivity index (χ1v) is 9.31. The summed E-state index contributed by atoms with van der Waals surface area (Å²) < 4.78 is 12.7. The SMILES string of the molecule is CN=C(NCCc1ccc(OC)c(OC)c1)NCCc1cn2ccccc2n1.I. The molecule has 3 rings (SSSR count). The minimum atomic E-state index is 0. The maximum absolute atomic E-state index is 5.35. The number of nitrogens with one attached hydrogen (secondary N) is 2. The number of halogens is 1. The van der Waals surface area contributed by atoms with Gasteiger partial charge in [0.1, 0.15) is 5.65 Å². The molecule has 2 heterocycles. The fourth-order valence-corrected chi connectivity index (χ4v) is 3.00. The Labute approximate surface area is 188 Å². The summed E-state index contributed by atoms with van der Waals surface area (Å²) in [4.78, 5) is 8.89. The van der Waals surface area contributed by atoms with Gasteiger partial charge in [-0.05, 0) is 36.2 Å². The molecule has 0 radical (unpaired) electrons. The van der Waals surface area contributed by atoms with Crippen molar-refractivity contribution in [3.63, 3.8) is 0 Å². The van der Waals surface area contributed by atoms with E-state index < -0.39 is 0 Å². The van der Waals surface area contributed by atoms with Crippen molar-refractivity contribution in [3.05, 3.63) is 60.0 Å². The smallest absolute Gasteiger partial charge is 0.190 e. The van der Waals surface area contributed by atoms with Crippen LogP contribution in [-0.2, 0) is 12.8 Å². The number of pyridine rings is 1. The van der Waals surface area contributed by atoms with Gasteiger partial charge in [0, 0.05) is 39.0 Å². The van der Waals surface area contributed by atoms with E-state index in [1.807, 2.05) is 47.0 Å². The zero-order valence-corrected chi connectivity index (χ0v) is 19.3. The molecule has 0 aliphatic carbocycles. The Morgan fingerprint density at radius 1 is 1.03 bits per heavy atom. The summed E-state index contributed by atoms with van der Waals surface area (Å²) in [5.41, 5.74) is 3.19. The van der Waals surface area contributed by atoms with Crippen LogP contribution in [0.1, 0.15) is 11.3 Å². The maximum atomic E-state index is 5.35. The molecule has 7 nitrogen and oxygen atoms in total. The Kier molecular flexibility index (Phi) is 9.04. The van der Waals surface area contributed by atoms with Crippen molar-refractivity contribution < 1.29 is 9.47 Å². The van der Waals surface area contributed by atoms with Crippen LogP contribution in [0.4, 0.5) is 0 Å². The second-order valence-corrected chi connectivity index (χ2v) is 6.31. The van der Waals surface area contributed by atoms with Crippen molar-refractivity contribution in [2.45, 2.75) is 12.8 Å². The highest BCUT2D eigenvalue weighted by atomic mass is 127. The topological polar surface area (TPSA) is 72.2 Å². The monoisotopic (exact) mass is 509 g/mol. The molecule has 0 bridgehead atoms. The van der Waals surface area contributed by atoms with Crippen molar-refractivity contribution in [1.29, 1.82) is 0 Å². The number of benzene rings is 1. The van der Waals surface area contributed by atoms with E-state index in [4.69, 9.17) is 9.47 Å². The van der Waals surface area contributed by atoms with Gasteiger partial charge in [-0.2, -0.15) is 0 Å². The maximum Gasteiger partial charge on any atom is 0.190 e. The van der Waals surface area contributed by atoms with Crippen LogP contribution in [0.3, 0.4) is 0 Å². The first-order valence-electron chi connectivity index (χ1n) is 9.31. The molecule has 3 aromatic rings. The van der Waals surface area contributed by atoms with Crippen molar-refractivity contribution in [1.82, 2.24) is 20.0 Å². The number of imidazole rings is 1. The van der Waals surface area contributed by atoms with Gasteiger partial charge in [-0.15, -0.1) is 24.0 Å². The summed E-state index contributed by atoms with van der Waals surface area (Å²) in [7, 11) is 5.06. The number of hydrogen-bond donors (Lipinski definition) is 2. The van der Waals surface area contributed by atoms with Gasteiger partial charge in [0.2, 0.25) is 0 Å². The van der Waals surface area contributed by atoms with Gasteiger partial charge >= 0.3 is 0 Å². The zero-order chi connectivity index (χ0) is 19.8. The van der Waals surface area contributed by atoms with Gasteiger partial charge in [0.05, 0.1) is 19.9 Å². The Morgan fingerprint density at radius 3 is 2.48 bits per heavy atom. The number of aliphatic imine (C=N–C) groups is 1. The molecule has 0 aliphatic heterocycles. The number of rotatable bonds is 8. The third kappa shape index (κ3) is 6.25. The Morgan fingerprint density at radius 2 is 1.79 bits per heavy atom. The highest BCUT2D eigenvalue weighted by molar-refractivity contribution is 14.0. The highest BCUT2D eigenvalue weighted by Gasteiger charge is 2.05. The molecule has 1 aromatic carbocycles. The molecule has 0 spiro atoms. The molecule has 0 atom stereocenters. The molecule has 29 heavy (non-hydrogen) atoms. The van der Waals surface area contributed by atoms with Crippen molar-refractivity contribution >= 4 is 35.6 Å². The molecule has 0 aliphatic rings. The number of hydrogen-bond acceptors (Lipinski definition) is 4. The molecule has 0 fully saturated rings. The van der Waals surface area contributed by atoms with Gasteiger partial charge in [-0.3, -0.25) is 4.99 Å². The van der Waals surface area contributed by atoms with E-state index in [0.29, 0.717) is 0 Å². The third-order valence-electron chi connectivity index (χ3n) is 4.47. The van der Waals surface area contributed by atoms with E-state index in [-0.39, 0.29) is 24.0 Å². The number of nitrogens with zero attached hydrogens (tertiary/aromatic N) is 3. The van der Waals surface area contributed by atoms with Crippen molar-refractivity contribution in [2.75, 3.05) is 34.4 Å². The lowest BCUT2D eigenvalue weighted by Crippen LogP contribution is -2.39. The second-order valence-electron chi connectivity index (χ2n) is 6.31. The lowest BCUT2D eigenvalue weighted by molar-refractivity contribution is 0.354. The minimum Gasteiger partial charge on any atom is -0.493 e. The lowest BCUT2D eigenvalue weighted by atomic mass is 10.1. The number of aromatic nitrogens is 2. The summed E-state index contributed by atoms with van der Waals surface area (Å²) in [5, 5.41) is 6.67. The predicted octanol–water partition coefficient (Wildman–Crippen LogP) is 2.92. The first kappa shape index (κ1) is 22.8. The van der Waals surface area contributed by atoms with Crippen molar-refractivity contribution in [3.8, 4) is 11.5 Å². The van der Waals surface area contributed by atoms with Gasteiger partial charge in [-0.25, -0.2) is 4.98 Å². The van der Waals surface area contributed by atoms with Crippen molar-refractivity contribution in [2.24, 2.45) is 4.99 Å². The summed E-state index contributed by atoms with van der Waals surface area (Å²) in [6.07, 6.45) is 5.75. The Bertz CT molecular complexity index is 909. The normalized spacial score (nSPS) is 11.1. The van der Waals surface area contributed by atoms with Gasteiger partial charge < -0.3 is 24.5 Å². The van der Waals surface area contributed by atoms with Crippen LogP contribution < -0.4 is 20.1 Å². The number of guanidine groups is 1. The third-order valence-corrected chi connectivity index (χ3v) is 4.47. The van der Waals surface area contributed by atoms with Gasteiger partial charge in [0.15, 0.2) is 17.5 Å². The van der Waals surface area contributed by atoms with Crippen LogP contribution >= 0.6 is 24.0 Å². The van der Waals surface area contributed by atoms with E-state index in [2.05, 4.69) is 26.8 Å². The van der Waals surface area contributed by atoms with Crippen LogP contribution in [0.25, 0.3) is 5.65 Å². The molecule has 156 valence electrons. The van der Waals surface area contributed by atoms with E-state index in [1.165, 1.54) is 5.56 Å². The van der Waals surface area contributed by atoms with Gasteiger partial charge in [0.25, 0.3) is 0 Å². The molecule has 8 heteroatoms. The standard InChI is InChI=1S/C21H27N5O2.HI/c1-22-21(23-11-9-16-7-8-18(27-2)19(14-16)28-3)24-12-10-17-15-26-13-5-4-6-20(26)25-17;/h4-8,13-15H,9-12H2,1-3H3,(H2,22,23,24);1H. The fourth-order valence-electron chi connectivity index (χ4n) is 3.00. The van der Waals surface area contributed by atoms with Gasteiger partial charge in [-0.1, -0.05) is 12.1 Å². The molecular formula is C21H28IN5O2. The van der Waals surface area contributed by atoms with Crippen LogP contribution in [0.15, 0.2) is 53.8 Å². The Balaban J connectivity index is 0.00000300. The molecule has 0 amide bonds. The number of methoxy groups -OCH3 is 2. The van der Waals surface area contributed by atoms with E-state index in [9.17, 15) is 0 Å². The summed E-state index contributed by atoms with van der Waals surface area (Å²) >= 11 is 0. The summed E-state index contributed by atoms with van der Waals surface area (Å²) in [5.74, 6) is 2.27. The average molecular weight is 509 g/mol. The van der Waals surface area contributed by atoms with E-state index >= 15 is 0 Å².